The number of rotatable bonds is 12. The number of hydrogen-bond acceptors (Lipinski definition) is 2. The minimum Gasteiger partial charge on any atom is -0.311 e. The molecule has 316 valence electrons. The van der Waals surface area contributed by atoms with Crippen molar-refractivity contribution in [3.8, 4) is 0 Å². The van der Waals surface area contributed by atoms with Crippen LogP contribution in [0.3, 0.4) is 0 Å². The molecule has 1 fully saturated rings. The second-order valence-corrected chi connectivity index (χ2v) is 17.7. The van der Waals surface area contributed by atoms with Gasteiger partial charge in [-0.25, -0.2) is 0 Å². The predicted octanol–water partition coefficient (Wildman–Crippen LogP) is 17.5. The Kier molecular flexibility index (Phi) is 12.6. The Hall–Kier alpha value is -7.16. The molecule has 0 bridgehead atoms. The Morgan fingerprint density at radius 1 is 0.281 bits per heavy atom. The minimum atomic E-state index is -0.0461. The molecule has 0 aliphatic heterocycles. The van der Waals surface area contributed by atoms with Gasteiger partial charge in [0.1, 0.15) is 0 Å². The van der Waals surface area contributed by atoms with E-state index in [1.165, 1.54) is 74.9 Å². The van der Waals surface area contributed by atoms with E-state index in [0.29, 0.717) is 0 Å². The summed E-state index contributed by atoms with van der Waals surface area (Å²) in [7, 11) is 0. The molecule has 8 aromatic carbocycles. The van der Waals surface area contributed by atoms with Crippen molar-refractivity contribution in [2.45, 2.75) is 65.2 Å². The molecule has 0 radical (unpaired) electrons. The monoisotopic (exact) mass is 830 g/mol. The predicted molar refractivity (Wildman–Crippen MR) is 276 cm³/mol. The molecule has 0 atom stereocenters. The lowest BCUT2D eigenvalue weighted by Gasteiger charge is -2.39. The zero-order valence-electron chi connectivity index (χ0n) is 37.7. The normalized spacial score (nSPS) is 13.6. The molecular weight excluding hydrogens is 773 g/mol. The van der Waals surface area contributed by atoms with Crippen molar-refractivity contribution in [3.05, 3.63) is 250 Å². The summed E-state index contributed by atoms with van der Waals surface area (Å²) in [5.74, 6) is 0. The summed E-state index contributed by atoms with van der Waals surface area (Å²) in [4.78, 5) is 4.76. The molecule has 0 spiro atoms. The fourth-order valence-corrected chi connectivity index (χ4v) is 9.25. The smallest absolute Gasteiger partial charge is 0.0462 e. The second kappa shape index (κ2) is 19.1. The molecule has 8 aromatic rings. The van der Waals surface area contributed by atoms with Gasteiger partial charge in [0, 0.05) is 39.5 Å². The highest BCUT2D eigenvalue weighted by atomic mass is 15.1. The van der Waals surface area contributed by atoms with Gasteiger partial charge in [0.25, 0.3) is 0 Å². The molecule has 2 heteroatoms. The molecule has 64 heavy (non-hydrogen) atoms. The van der Waals surface area contributed by atoms with Crippen LogP contribution in [0.5, 0.6) is 0 Å². The molecule has 0 amide bonds. The lowest BCUT2D eigenvalue weighted by molar-refractivity contribution is 0.346. The highest BCUT2D eigenvalue weighted by Crippen LogP contribution is 2.47. The van der Waals surface area contributed by atoms with Gasteiger partial charge in [-0.15, -0.1) is 0 Å². The zero-order valence-corrected chi connectivity index (χ0v) is 37.7. The Bertz CT molecular complexity index is 2610. The van der Waals surface area contributed by atoms with E-state index in [-0.39, 0.29) is 5.41 Å². The maximum Gasteiger partial charge on any atom is 0.0462 e. The first kappa shape index (κ1) is 42.2. The molecular formula is C62H58N2. The number of aryl methyl sites for hydroxylation is 4. The molecule has 1 aliphatic carbocycles. The van der Waals surface area contributed by atoms with Crippen molar-refractivity contribution in [2.24, 2.45) is 0 Å². The fraction of sp³-hybridized carbons (Fsp3) is 0.161. The first-order valence-corrected chi connectivity index (χ1v) is 22.9. The van der Waals surface area contributed by atoms with Gasteiger partial charge < -0.3 is 9.80 Å². The third kappa shape index (κ3) is 9.58. The largest absolute Gasteiger partial charge is 0.311 e. The fourth-order valence-electron chi connectivity index (χ4n) is 9.25. The minimum absolute atomic E-state index is 0.0461. The first-order chi connectivity index (χ1) is 31.3. The van der Waals surface area contributed by atoms with E-state index >= 15 is 0 Å². The van der Waals surface area contributed by atoms with Crippen LogP contribution in [0, 0.1) is 27.7 Å². The van der Waals surface area contributed by atoms with Crippen LogP contribution in [0.25, 0.3) is 24.3 Å². The molecule has 1 saturated carbocycles. The van der Waals surface area contributed by atoms with Gasteiger partial charge >= 0.3 is 0 Å². The maximum absolute atomic E-state index is 2.40. The van der Waals surface area contributed by atoms with Crippen molar-refractivity contribution in [1.82, 2.24) is 0 Å². The molecule has 0 aromatic heterocycles. The topological polar surface area (TPSA) is 6.48 Å². The molecule has 0 N–H and O–H groups in total. The summed E-state index contributed by atoms with van der Waals surface area (Å²) in [5, 5.41) is 0. The number of anilines is 6. The molecule has 0 saturated heterocycles. The quantitative estimate of drug-likeness (QED) is 0.113. The van der Waals surface area contributed by atoms with Crippen LogP contribution < -0.4 is 9.80 Å². The Labute approximate surface area is 381 Å². The lowest BCUT2D eigenvalue weighted by Crippen LogP contribution is -2.30. The van der Waals surface area contributed by atoms with Gasteiger partial charge in [-0.3, -0.25) is 0 Å². The Balaban J connectivity index is 1.01. The molecule has 2 nitrogen and oxygen atoms in total. The Morgan fingerprint density at radius 2 is 0.500 bits per heavy atom. The van der Waals surface area contributed by atoms with Crippen LogP contribution in [-0.2, 0) is 5.41 Å². The average molecular weight is 831 g/mol. The number of hydrogen-bond donors (Lipinski definition) is 0. The second-order valence-electron chi connectivity index (χ2n) is 17.7. The van der Waals surface area contributed by atoms with Gasteiger partial charge in [-0.05, 0) is 147 Å². The number of nitrogens with zero attached hydrogens (tertiary/aromatic N) is 2. The van der Waals surface area contributed by atoms with Gasteiger partial charge in [0.2, 0.25) is 0 Å². The summed E-state index contributed by atoms with van der Waals surface area (Å²) in [6.45, 7) is 8.55. The van der Waals surface area contributed by atoms with Crippen molar-refractivity contribution in [2.75, 3.05) is 9.80 Å². The lowest BCUT2D eigenvalue weighted by atomic mass is 9.65. The SMILES string of the molecule is Cc1ccc(C=Cc2ccc(N(c3ccc(C)cc3)c3ccc(C4(c5ccc(N(c6ccc(C)cc6)c6ccc(C=Cc7ccc(C)cc7)cc6)cc5)CCCCC4)cc3)cc2)cc1. The summed E-state index contributed by atoms with van der Waals surface area (Å²) in [6, 6.07) is 71.9. The van der Waals surface area contributed by atoms with Gasteiger partial charge in [0.05, 0.1) is 0 Å². The first-order valence-electron chi connectivity index (χ1n) is 22.9. The van der Waals surface area contributed by atoms with Crippen LogP contribution >= 0.6 is 0 Å². The van der Waals surface area contributed by atoms with Crippen LogP contribution in [0.1, 0.15) is 87.7 Å². The van der Waals surface area contributed by atoms with E-state index in [1.54, 1.807) is 0 Å². The highest BCUT2D eigenvalue weighted by molar-refractivity contribution is 5.80. The van der Waals surface area contributed by atoms with E-state index < -0.39 is 0 Å². The van der Waals surface area contributed by atoms with Gasteiger partial charge in [0.15, 0.2) is 0 Å². The van der Waals surface area contributed by atoms with Crippen LogP contribution in [0.4, 0.5) is 34.1 Å². The van der Waals surface area contributed by atoms with E-state index in [9.17, 15) is 0 Å². The maximum atomic E-state index is 2.40. The molecule has 0 heterocycles. The summed E-state index contributed by atoms with van der Waals surface area (Å²) >= 11 is 0. The van der Waals surface area contributed by atoms with E-state index in [2.05, 4.69) is 256 Å². The Morgan fingerprint density at radius 3 is 0.781 bits per heavy atom. The van der Waals surface area contributed by atoms with Gasteiger partial charge in [-0.1, -0.05) is 187 Å². The molecule has 1 aliphatic rings. The number of benzene rings is 8. The summed E-state index contributed by atoms with van der Waals surface area (Å²) < 4.78 is 0. The van der Waals surface area contributed by atoms with Crippen LogP contribution in [0.2, 0.25) is 0 Å². The zero-order chi connectivity index (χ0) is 43.9. The summed E-state index contributed by atoms with van der Waals surface area (Å²) in [5.41, 5.74) is 19.4. The van der Waals surface area contributed by atoms with Crippen molar-refractivity contribution in [3.63, 3.8) is 0 Å². The van der Waals surface area contributed by atoms with E-state index in [0.717, 1.165) is 47.0 Å². The van der Waals surface area contributed by atoms with Gasteiger partial charge in [-0.2, -0.15) is 0 Å². The molecule has 0 unspecified atom stereocenters. The van der Waals surface area contributed by atoms with Crippen molar-refractivity contribution in [1.29, 1.82) is 0 Å². The van der Waals surface area contributed by atoms with E-state index in [4.69, 9.17) is 0 Å². The third-order valence-corrected chi connectivity index (χ3v) is 13.0. The van der Waals surface area contributed by atoms with Crippen LogP contribution in [-0.4, -0.2) is 0 Å². The van der Waals surface area contributed by atoms with Crippen LogP contribution in [0.15, 0.2) is 194 Å². The molecule has 9 rings (SSSR count). The average Bonchev–Trinajstić information content (AvgIpc) is 3.34. The van der Waals surface area contributed by atoms with Crippen molar-refractivity contribution >= 4 is 58.4 Å². The van der Waals surface area contributed by atoms with E-state index in [1.807, 2.05) is 0 Å². The van der Waals surface area contributed by atoms with Crippen molar-refractivity contribution < 1.29 is 0 Å². The highest BCUT2D eigenvalue weighted by Gasteiger charge is 2.36. The summed E-state index contributed by atoms with van der Waals surface area (Å²) in [6.07, 6.45) is 14.8. The third-order valence-electron chi connectivity index (χ3n) is 13.0. The standard InChI is InChI=1S/C62H58N2/c1-46-8-16-50(17-9-46)20-22-52-24-36-58(37-25-52)63(56-32-12-48(3)13-33-56)60-40-28-54(29-41-60)62(44-6-5-7-45-62)55-30-42-61(43-31-55)64(57-34-14-49(4)15-35-57)59-38-26-53(27-39-59)23-21-51-18-10-47(2)11-19-51/h8-43H,5-7,44-45H2,1-4H3.